The summed E-state index contributed by atoms with van der Waals surface area (Å²) in [5.74, 6) is 0.00172. The third-order valence-corrected chi connectivity index (χ3v) is 4.54. The van der Waals surface area contributed by atoms with Crippen LogP contribution in [0.4, 0.5) is 0 Å². The molecule has 3 heterocycles. The van der Waals surface area contributed by atoms with Crippen molar-refractivity contribution in [1.29, 1.82) is 0 Å². The minimum atomic E-state index is -0.552. The highest BCUT2D eigenvalue weighted by Crippen LogP contribution is 2.27. The van der Waals surface area contributed by atoms with Crippen LogP contribution in [0.2, 0.25) is 0 Å². The number of carbonyl (C=O) groups is 1. The third-order valence-electron chi connectivity index (χ3n) is 3.66. The summed E-state index contributed by atoms with van der Waals surface area (Å²) < 4.78 is 1.69. The van der Waals surface area contributed by atoms with Crippen LogP contribution in [-0.2, 0) is 0 Å². The van der Waals surface area contributed by atoms with Crippen molar-refractivity contribution in [3.05, 3.63) is 76.7 Å². The number of thiophene rings is 1. The number of hydrogen-bond acceptors (Lipinski definition) is 5. The van der Waals surface area contributed by atoms with Crippen molar-refractivity contribution in [2.75, 3.05) is 0 Å². The highest BCUT2D eigenvalue weighted by Gasteiger charge is 2.27. The zero-order valence-corrected chi connectivity index (χ0v) is 12.9. The monoisotopic (exact) mass is 320 g/mol. The van der Waals surface area contributed by atoms with E-state index in [0.29, 0.717) is 4.88 Å². The van der Waals surface area contributed by atoms with Crippen molar-refractivity contribution >= 4 is 28.2 Å². The van der Waals surface area contributed by atoms with E-state index in [0.717, 1.165) is 16.6 Å². The molecule has 0 aliphatic heterocycles. The number of Topliss-reactive ketones (excluding diaryl/α,β-unsaturated/α-hetero) is 1. The van der Waals surface area contributed by atoms with E-state index in [1.165, 1.54) is 11.3 Å². The molecule has 0 N–H and O–H groups in total. The fourth-order valence-electron chi connectivity index (χ4n) is 2.58. The number of hydrogen-bond donors (Lipinski definition) is 0. The molecule has 23 heavy (non-hydrogen) atoms. The topological polar surface area (TPSA) is 60.7 Å². The van der Waals surface area contributed by atoms with E-state index < -0.39 is 6.04 Å². The molecule has 1 unspecified atom stereocenters. The first kappa shape index (κ1) is 13.8. The maximum Gasteiger partial charge on any atom is 0.201 e. The molecule has 6 heteroatoms. The summed E-state index contributed by atoms with van der Waals surface area (Å²) in [5, 5.41) is 10.3. The van der Waals surface area contributed by atoms with Crippen LogP contribution >= 0.6 is 11.3 Å². The van der Waals surface area contributed by atoms with E-state index in [-0.39, 0.29) is 5.78 Å². The van der Waals surface area contributed by atoms with Gasteiger partial charge in [0, 0.05) is 12.4 Å². The Morgan fingerprint density at radius 3 is 2.65 bits per heavy atom. The van der Waals surface area contributed by atoms with Gasteiger partial charge in [0.1, 0.15) is 11.6 Å². The Morgan fingerprint density at radius 2 is 1.87 bits per heavy atom. The van der Waals surface area contributed by atoms with E-state index >= 15 is 0 Å². The Labute approximate surface area is 136 Å². The van der Waals surface area contributed by atoms with Crippen LogP contribution in [0.5, 0.6) is 0 Å². The fourth-order valence-corrected chi connectivity index (χ4v) is 3.27. The van der Waals surface area contributed by atoms with Crippen LogP contribution in [-0.4, -0.2) is 25.8 Å². The first-order valence-electron chi connectivity index (χ1n) is 7.12. The Balaban J connectivity index is 1.91. The van der Waals surface area contributed by atoms with Gasteiger partial charge in [-0.05, 0) is 41.3 Å². The zero-order valence-electron chi connectivity index (χ0n) is 12.0. The van der Waals surface area contributed by atoms with E-state index in [9.17, 15) is 4.79 Å². The number of benzene rings is 1. The minimum absolute atomic E-state index is 0.00172. The molecule has 0 aliphatic carbocycles. The Morgan fingerprint density at radius 1 is 1.04 bits per heavy atom. The normalized spacial score (nSPS) is 12.3. The molecule has 0 saturated heterocycles. The lowest BCUT2D eigenvalue weighted by molar-refractivity contribution is 0.0945. The molecule has 0 bridgehead atoms. The molecule has 4 rings (SSSR count). The number of nitrogens with zero attached hydrogens (tertiary/aromatic N) is 4. The molecule has 0 amide bonds. The third kappa shape index (κ3) is 2.43. The van der Waals surface area contributed by atoms with Crippen LogP contribution in [0.1, 0.15) is 21.3 Å². The molecule has 4 aromatic rings. The van der Waals surface area contributed by atoms with Crippen molar-refractivity contribution in [2.24, 2.45) is 0 Å². The molecule has 1 aromatic carbocycles. The van der Waals surface area contributed by atoms with E-state index in [1.54, 1.807) is 17.1 Å². The number of carbonyl (C=O) groups excluding carboxylic acids is 1. The quantitative estimate of drug-likeness (QED) is 0.541. The largest absolute Gasteiger partial charge is 0.290 e. The summed E-state index contributed by atoms with van der Waals surface area (Å²) in [6.07, 6.45) is 3.37. The highest BCUT2D eigenvalue weighted by molar-refractivity contribution is 7.12. The summed E-state index contributed by atoms with van der Waals surface area (Å²) in [5.41, 5.74) is 2.44. The van der Waals surface area contributed by atoms with Gasteiger partial charge in [0.15, 0.2) is 0 Å². The highest BCUT2D eigenvalue weighted by atomic mass is 32.1. The minimum Gasteiger partial charge on any atom is -0.290 e. The molecule has 0 fully saturated rings. The number of ketones is 1. The van der Waals surface area contributed by atoms with Crippen molar-refractivity contribution in [3.8, 4) is 0 Å². The molecule has 3 aromatic heterocycles. The lowest BCUT2D eigenvalue weighted by Gasteiger charge is -2.16. The molecule has 1 atom stereocenters. The van der Waals surface area contributed by atoms with Gasteiger partial charge < -0.3 is 0 Å². The summed E-state index contributed by atoms with van der Waals surface area (Å²) in [7, 11) is 0. The molecule has 0 radical (unpaired) electrons. The van der Waals surface area contributed by atoms with Crippen molar-refractivity contribution in [3.63, 3.8) is 0 Å². The second kappa shape index (κ2) is 5.73. The Bertz CT molecular complexity index is 947. The maximum atomic E-state index is 13.0. The van der Waals surface area contributed by atoms with Gasteiger partial charge >= 0.3 is 0 Å². The number of aromatic nitrogens is 4. The molecule has 0 aliphatic rings. The van der Waals surface area contributed by atoms with E-state index in [2.05, 4.69) is 15.3 Å². The zero-order chi connectivity index (χ0) is 15.6. The molecular weight excluding hydrogens is 308 g/mol. The van der Waals surface area contributed by atoms with Gasteiger partial charge in [0.25, 0.3) is 0 Å². The Kier molecular flexibility index (Phi) is 3.44. The van der Waals surface area contributed by atoms with Gasteiger partial charge in [-0.2, -0.15) is 0 Å². The average Bonchev–Trinajstić information content (AvgIpc) is 3.26. The summed E-state index contributed by atoms with van der Waals surface area (Å²) >= 11 is 1.43. The van der Waals surface area contributed by atoms with Crippen molar-refractivity contribution in [2.45, 2.75) is 6.04 Å². The van der Waals surface area contributed by atoms with Gasteiger partial charge in [-0.25, -0.2) is 4.68 Å². The molecule has 0 saturated carbocycles. The molecule has 112 valence electrons. The van der Waals surface area contributed by atoms with Gasteiger partial charge in [-0.3, -0.25) is 9.78 Å². The summed E-state index contributed by atoms with van der Waals surface area (Å²) in [6, 6.07) is 14.5. The molecular formula is C17H12N4OS. The second-order valence-corrected chi connectivity index (χ2v) is 6.00. The van der Waals surface area contributed by atoms with Crippen LogP contribution in [0, 0.1) is 0 Å². The SMILES string of the molecule is O=C(c1cccs1)C(c1ccncc1)n1nnc2ccccc21. The van der Waals surface area contributed by atoms with Crippen LogP contribution in [0.15, 0.2) is 66.3 Å². The summed E-state index contributed by atoms with van der Waals surface area (Å²) in [4.78, 5) is 17.8. The lowest BCUT2D eigenvalue weighted by atomic mass is 10.0. The number of pyridine rings is 1. The van der Waals surface area contributed by atoms with Gasteiger partial charge in [0.05, 0.1) is 10.4 Å². The lowest BCUT2D eigenvalue weighted by Crippen LogP contribution is -2.21. The van der Waals surface area contributed by atoms with Crippen molar-refractivity contribution in [1.82, 2.24) is 20.0 Å². The fraction of sp³-hybridized carbons (Fsp3) is 0.0588. The van der Waals surface area contributed by atoms with Gasteiger partial charge in [0.2, 0.25) is 5.78 Å². The first-order chi connectivity index (χ1) is 11.3. The molecule has 0 spiro atoms. The van der Waals surface area contributed by atoms with E-state index in [1.807, 2.05) is 53.9 Å². The number of fused-ring (bicyclic) bond motifs is 1. The number of rotatable bonds is 4. The maximum absolute atomic E-state index is 13.0. The second-order valence-electron chi connectivity index (χ2n) is 5.05. The first-order valence-corrected chi connectivity index (χ1v) is 8.00. The van der Waals surface area contributed by atoms with Crippen LogP contribution in [0.25, 0.3) is 11.0 Å². The van der Waals surface area contributed by atoms with Crippen LogP contribution in [0.3, 0.4) is 0 Å². The smallest absolute Gasteiger partial charge is 0.201 e. The number of para-hydroxylation sites is 1. The van der Waals surface area contributed by atoms with E-state index in [4.69, 9.17) is 0 Å². The standard InChI is InChI=1S/C17H12N4OS/c22-17(15-6-3-11-23-15)16(12-7-9-18-10-8-12)21-14-5-2-1-4-13(14)19-20-21/h1-11,16H. The van der Waals surface area contributed by atoms with Crippen LogP contribution < -0.4 is 0 Å². The predicted molar refractivity (Wildman–Crippen MR) is 88.6 cm³/mol. The molecule has 5 nitrogen and oxygen atoms in total. The average molecular weight is 320 g/mol. The van der Waals surface area contributed by atoms with Gasteiger partial charge in [-0.1, -0.05) is 23.4 Å². The van der Waals surface area contributed by atoms with Gasteiger partial charge in [-0.15, -0.1) is 16.4 Å². The van der Waals surface area contributed by atoms with Crippen molar-refractivity contribution < 1.29 is 4.79 Å². The Hall–Kier alpha value is -2.86. The summed E-state index contributed by atoms with van der Waals surface area (Å²) in [6.45, 7) is 0. The predicted octanol–water partition coefficient (Wildman–Crippen LogP) is 3.36.